The van der Waals surface area contributed by atoms with Crippen LogP contribution in [0.5, 0.6) is 0 Å². The van der Waals surface area contributed by atoms with Gasteiger partial charge in [0.25, 0.3) is 5.91 Å². The molecule has 0 bridgehead atoms. The molecule has 0 unspecified atom stereocenters. The van der Waals surface area contributed by atoms with E-state index in [-0.39, 0.29) is 51.2 Å². The maximum absolute atomic E-state index is 13.4. The van der Waals surface area contributed by atoms with Crippen LogP contribution in [0, 0.1) is 0 Å². The Morgan fingerprint density at radius 1 is 0.795 bits per heavy atom. The Bertz CT molecular complexity index is 864. The Kier molecular flexibility index (Phi) is 23.9. The van der Waals surface area contributed by atoms with E-state index in [1.54, 1.807) is 0 Å². The fraction of sp³-hybridized carbons (Fsp3) is 0.862. The molecule has 0 saturated carbocycles. The van der Waals surface area contributed by atoms with Gasteiger partial charge >= 0.3 is 13.8 Å². The maximum Gasteiger partial charge on any atom is 0.477 e. The molecule has 0 fully saturated rings. The predicted octanol–water partition coefficient (Wildman–Crippen LogP) is 3.50. The molecule has 0 aliphatic carbocycles. The molecule has 0 aliphatic rings. The molecule has 4 atom stereocenters. The molecule has 0 aliphatic heterocycles. The number of esters is 1. The van der Waals surface area contributed by atoms with Gasteiger partial charge in [-0.2, -0.15) is 0 Å². The van der Waals surface area contributed by atoms with Crippen LogP contribution in [0.1, 0.15) is 106 Å². The van der Waals surface area contributed by atoms with Crippen LogP contribution in [0.3, 0.4) is 0 Å². The molecule has 0 aromatic carbocycles. The van der Waals surface area contributed by atoms with Crippen molar-refractivity contribution < 1.29 is 51.9 Å². The SMILES string of the molecule is CCCCO[C@H](C)CC(=O)N[C@@H](CO)CCCNC(=O)[C@@H](NC(=O)C[C@@H](C)OC(C)=O)OP(=O)(OCCCC)OCCCC. The minimum atomic E-state index is -4.25. The topological polar surface area (TPSA) is 188 Å². The van der Waals surface area contributed by atoms with Crippen molar-refractivity contribution in [1.82, 2.24) is 16.0 Å². The highest BCUT2D eigenvalue weighted by Gasteiger charge is 2.35. The van der Waals surface area contributed by atoms with Crippen LogP contribution in [-0.2, 0) is 46.8 Å². The second-order valence-electron chi connectivity index (χ2n) is 10.6. The van der Waals surface area contributed by atoms with Gasteiger partial charge in [-0.05, 0) is 46.0 Å². The zero-order valence-corrected chi connectivity index (χ0v) is 28.3. The van der Waals surface area contributed by atoms with Crippen molar-refractivity contribution in [3.05, 3.63) is 0 Å². The number of rotatable bonds is 27. The van der Waals surface area contributed by atoms with Gasteiger partial charge in [0.2, 0.25) is 18.0 Å². The van der Waals surface area contributed by atoms with Crippen molar-refractivity contribution in [2.75, 3.05) is 33.0 Å². The fourth-order valence-corrected chi connectivity index (χ4v) is 5.01. The Morgan fingerprint density at radius 3 is 1.89 bits per heavy atom. The van der Waals surface area contributed by atoms with Gasteiger partial charge < -0.3 is 30.5 Å². The number of phosphoric ester groups is 1. The fourth-order valence-electron chi connectivity index (χ4n) is 3.70. The number of unbranched alkanes of at least 4 members (excludes halogenated alkanes) is 3. The highest BCUT2D eigenvalue weighted by Crippen LogP contribution is 2.50. The molecule has 4 N–H and O–H groups in total. The predicted molar refractivity (Wildman–Crippen MR) is 164 cm³/mol. The molecule has 0 radical (unpaired) electrons. The first-order valence-electron chi connectivity index (χ1n) is 15.7. The molecule has 0 saturated heterocycles. The lowest BCUT2D eigenvalue weighted by molar-refractivity contribution is -0.147. The van der Waals surface area contributed by atoms with Crippen LogP contribution in [0.4, 0.5) is 0 Å². The van der Waals surface area contributed by atoms with Crippen LogP contribution in [0.25, 0.3) is 0 Å². The van der Waals surface area contributed by atoms with Crippen molar-refractivity contribution in [3.63, 3.8) is 0 Å². The first-order valence-corrected chi connectivity index (χ1v) is 17.2. The monoisotopic (exact) mass is 653 g/mol. The van der Waals surface area contributed by atoms with E-state index >= 15 is 0 Å². The number of phosphoric acid groups is 1. The van der Waals surface area contributed by atoms with Crippen LogP contribution in [0.15, 0.2) is 0 Å². The average Bonchev–Trinajstić information content (AvgIpc) is 2.94. The molecule has 0 aromatic rings. The first-order chi connectivity index (χ1) is 20.9. The third-order valence-corrected chi connectivity index (χ3v) is 7.55. The molecular formula is C29H56N3O11P. The number of amides is 3. The van der Waals surface area contributed by atoms with Crippen LogP contribution in [0.2, 0.25) is 0 Å². The summed E-state index contributed by atoms with van der Waals surface area (Å²) in [6.45, 7) is 10.9. The molecule has 0 rings (SSSR count). The van der Waals surface area contributed by atoms with Gasteiger partial charge in [-0.25, -0.2) is 4.57 Å². The molecule has 44 heavy (non-hydrogen) atoms. The van der Waals surface area contributed by atoms with E-state index in [1.165, 1.54) is 13.8 Å². The number of ether oxygens (including phenoxy) is 2. The van der Waals surface area contributed by atoms with Crippen LogP contribution >= 0.6 is 7.82 Å². The molecule has 14 nitrogen and oxygen atoms in total. The lowest BCUT2D eigenvalue weighted by atomic mass is 10.1. The van der Waals surface area contributed by atoms with Crippen LogP contribution < -0.4 is 16.0 Å². The number of aliphatic hydroxyl groups is 1. The van der Waals surface area contributed by atoms with E-state index < -0.39 is 44.0 Å². The van der Waals surface area contributed by atoms with Crippen LogP contribution in [-0.4, -0.2) is 86.2 Å². The van der Waals surface area contributed by atoms with E-state index in [0.29, 0.717) is 32.3 Å². The number of carbonyl (C=O) groups is 4. The second-order valence-corrected chi connectivity index (χ2v) is 12.2. The summed E-state index contributed by atoms with van der Waals surface area (Å²) in [6, 6.07) is -0.532. The van der Waals surface area contributed by atoms with E-state index in [9.17, 15) is 28.8 Å². The van der Waals surface area contributed by atoms with E-state index in [0.717, 1.165) is 25.7 Å². The molecule has 0 heterocycles. The third-order valence-electron chi connectivity index (χ3n) is 6.09. The van der Waals surface area contributed by atoms with Gasteiger partial charge in [0.1, 0.15) is 6.10 Å². The van der Waals surface area contributed by atoms with Crippen molar-refractivity contribution in [2.24, 2.45) is 0 Å². The normalized spacial score (nSPS) is 14.2. The summed E-state index contributed by atoms with van der Waals surface area (Å²) in [5, 5.41) is 17.5. The first kappa shape index (κ1) is 41.9. The van der Waals surface area contributed by atoms with Crippen molar-refractivity contribution in [3.8, 4) is 0 Å². The molecule has 0 spiro atoms. The number of aliphatic hydroxyl groups excluding tert-OH is 1. The molecule has 0 aromatic heterocycles. The van der Waals surface area contributed by atoms with Gasteiger partial charge in [0, 0.05) is 20.1 Å². The highest BCUT2D eigenvalue weighted by molar-refractivity contribution is 7.48. The van der Waals surface area contributed by atoms with Crippen molar-refractivity contribution in [1.29, 1.82) is 0 Å². The van der Waals surface area contributed by atoms with E-state index in [4.69, 9.17) is 23.0 Å². The summed E-state index contributed by atoms with van der Waals surface area (Å²) in [7, 11) is -4.25. The number of nitrogens with one attached hydrogen (secondary N) is 3. The molecule has 3 amide bonds. The van der Waals surface area contributed by atoms with Gasteiger partial charge in [-0.1, -0.05) is 40.0 Å². The minimum Gasteiger partial charge on any atom is -0.462 e. The van der Waals surface area contributed by atoms with E-state index in [1.807, 2.05) is 20.8 Å². The van der Waals surface area contributed by atoms with Crippen molar-refractivity contribution >= 4 is 31.5 Å². The summed E-state index contributed by atoms with van der Waals surface area (Å²) < 4.78 is 40.3. The summed E-state index contributed by atoms with van der Waals surface area (Å²) in [5.74, 6) is -2.32. The maximum atomic E-state index is 13.4. The Labute approximate surface area is 262 Å². The summed E-state index contributed by atoms with van der Waals surface area (Å²) in [4.78, 5) is 49.3. The molecular weight excluding hydrogens is 597 g/mol. The van der Waals surface area contributed by atoms with Gasteiger partial charge in [0.05, 0.1) is 44.8 Å². The Balaban J connectivity index is 5.27. The Morgan fingerprint density at radius 2 is 1.34 bits per heavy atom. The smallest absolute Gasteiger partial charge is 0.462 e. The lowest BCUT2D eigenvalue weighted by Gasteiger charge is -2.25. The standard InChI is InChI=1S/C29H56N3O11P/c1-7-10-16-39-22(4)19-26(35)31-25(21-33)14-13-15-30-28(37)29(32-27(36)20-23(5)42-24(6)34)43-44(38,40-17-11-8-2)41-18-12-9-3/h22-23,25,29,33H,7-21H2,1-6H3,(H,30,37)(H,31,35)(H,32,36)/t22-,23-,25-,29+/m1/s1. The summed E-state index contributed by atoms with van der Waals surface area (Å²) in [6.07, 6.45) is 2.40. The van der Waals surface area contributed by atoms with Gasteiger partial charge in [-0.3, -0.25) is 32.7 Å². The lowest BCUT2D eigenvalue weighted by Crippen LogP contribution is -2.49. The largest absolute Gasteiger partial charge is 0.477 e. The second kappa shape index (κ2) is 25.1. The summed E-state index contributed by atoms with van der Waals surface area (Å²) >= 11 is 0. The van der Waals surface area contributed by atoms with E-state index in [2.05, 4.69) is 22.9 Å². The van der Waals surface area contributed by atoms with Gasteiger partial charge in [0.15, 0.2) is 0 Å². The quantitative estimate of drug-likeness (QED) is 0.0440. The molecule has 15 heteroatoms. The third kappa shape index (κ3) is 21.6. The zero-order chi connectivity index (χ0) is 33.4. The molecule has 258 valence electrons. The highest BCUT2D eigenvalue weighted by atomic mass is 31.2. The van der Waals surface area contributed by atoms with Gasteiger partial charge in [-0.15, -0.1) is 0 Å². The number of hydrogen-bond donors (Lipinski definition) is 4. The van der Waals surface area contributed by atoms with Crippen molar-refractivity contribution in [2.45, 2.75) is 130 Å². The average molecular weight is 654 g/mol. The zero-order valence-electron chi connectivity index (χ0n) is 27.4. The Hall–Kier alpha value is -2.09. The number of hydrogen-bond acceptors (Lipinski definition) is 11. The minimum absolute atomic E-state index is 0.0591. The number of carbonyl (C=O) groups excluding carboxylic acids is 4. The summed E-state index contributed by atoms with van der Waals surface area (Å²) in [5.41, 5.74) is 0.